The van der Waals surface area contributed by atoms with E-state index in [9.17, 15) is 4.79 Å². The Labute approximate surface area is 58.2 Å². The van der Waals surface area contributed by atoms with Crippen LogP contribution in [0.2, 0.25) is 0 Å². The number of carbonyl (C=O) groups excluding carboxylic acids is 1. The van der Waals surface area contributed by atoms with Crippen LogP contribution in [-0.2, 0) is 4.74 Å². The molecule has 0 atom stereocenters. The lowest BCUT2D eigenvalue weighted by molar-refractivity contribution is 0.196. The molecule has 0 saturated heterocycles. The number of hydrogen-bond acceptors (Lipinski definition) is 3. The first-order chi connectivity index (χ1) is 4.16. The van der Waals surface area contributed by atoms with Gasteiger partial charge in [0.2, 0.25) is 0 Å². The fourth-order valence-electron chi connectivity index (χ4n) is 0.189. The Bertz CT molecular complexity index is 133. The molecule has 0 aromatic rings. The van der Waals surface area contributed by atoms with Gasteiger partial charge in [-0.05, 0) is 13.2 Å². The van der Waals surface area contributed by atoms with Crippen molar-refractivity contribution in [3.63, 3.8) is 0 Å². The molecule has 2 N–H and O–H groups in total. The Morgan fingerprint density at radius 3 is 2.67 bits per heavy atom. The van der Waals surface area contributed by atoms with Gasteiger partial charge in [-0.3, -0.25) is 0 Å². The quantitative estimate of drug-likeness (QED) is 0.599. The molecule has 0 spiro atoms. The van der Waals surface area contributed by atoms with E-state index in [1.807, 2.05) is 13.2 Å². The van der Waals surface area contributed by atoms with Crippen molar-refractivity contribution in [2.75, 3.05) is 6.26 Å². The number of rotatable bonds is 2. The molecule has 3 nitrogen and oxygen atoms in total. The summed E-state index contributed by atoms with van der Waals surface area (Å²) in [4.78, 5) is 10.9. The van der Waals surface area contributed by atoms with Crippen molar-refractivity contribution in [2.24, 2.45) is 5.73 Å². The molecule has 0 radical (unpaired) electrons. The molecule has 4 heteroatoms. The molecule has 0 aliphatic heterocycles. The van der Waals surface area contributed by atoms with Crippen LogP contribution in [0, 0.1) is 0 Å². The number of allylic oxidation sites excluding steroid dienone is 1. The van der Waals surface area contributed by atoms with Crippen molar-refractivity contribution in [3.05, 3.63) is 11.2 Å². The third-order valence-electron chi connectivity index (χ3n) is 0.663. The van der Waals surface area contributed by atoms with E-state index in [1.54, 1.807) is 0 Å². The van der Waals surface area contributed by atoms with Crippen molar-refractivity contribution in [3.8, 4) is 0 Å². The summed E-state index contributed by atoms with van der Waals surface area (Å²) in [6, 6.07) is 0. The monoisotopic (exact) mass is 147 g/mol. The Hall–Kier alpha value is -0.640. The predicted octanol–water partition coefficient (Wildman–Crippen LogP) is 1.31. The van der Waals surface area contributed by atoms with Gasteiger partial charge in [0.1, 0.15) is 6.26 Å². The zero-order valence-corrected chi connectivity index (χ0v) is 6.20. The molecular weight excluding hydrogens is 138 g/mol. The summed E-state index contributed by atoms with van der Waals surface area (Å²) in [5.74, 6) is 0. The second-order valence-electron chi connectivity index (χ2n) is 1.37. The van der Waals surface area contributed by atoms with Crippen molar-refractivity contribution in [1.29, 1.82) is 0 Å². The van der Waals surface area contributed by atoms with Crippen molar-refractivity contribution < 1.29 is 9.53 Å². The van der Waals surface area contributed by atoms with E-state index in [0.29, 0.717) is 0 Å². The van der Waals surface area contributed by atoms with Crippen LogP contribution in [0.4, 0.5) is 4.79 Å². The highest BCUT2D eigenvalue weighted by Gasteiger charge is 1.88. The number of thioether (sulfide) groups is 1. The summed E-state index contributed by atoms with van der Waals surface area (Å²) >= 11 is 1.50. The maximum Gasteiger partial charge on any atom is 0.409 e. The summed E-state index contributed by atoms with van der Waals surface area (Å²) in [6.45, 7) is 1.83. The van der Waals surface area contributed by atoms with E-state index in [0.717, 1.165) is 4.91 Å². The Balaban J connectivity index is 3.56. The lowest BCUT2D eigenvalue weighted by Gasteiger charge is -1.93. The topological polar surface area (TPSA) is 52.3 Å². The largest absolute Gasteiger partial charge is 0.418 e. The van der Waals surface area contributed by atoms with Crippen LogP contribution in [-0.4, -0.2) is 12.3 Å². The fourth-order valence-corrected chi connectivity index (χ4v) is 0.334. The molecule has 0 aliphatic carbocycles. The Kier molecular flexibility index (Phi) is 3.96. The zero-order valence-electron chi connectivity index (χ0n) is 5.38. The lowest BCUT2D eigenvalue weighted by atomic mass is 10.7. The summed E-state index contributed by atoms with van der Waals surface area (Å²) in [7, 11) is 0. The Morgan fingerprint density at radius 1 is 1.78 bits per heavy atom. The molecule has 0 aromatic heterocycles. The summed E-state index contributed by atoms with van der Waals surface area (Å²) < 4.78 is 4.35. The standard InChI is InChI=1S/C5H9NO2S/c1-4(9-2)3-8-5(6)7/h3H,1-2H3,(H2,6,7). The predicted molar refractivity (Wildman–Crippen MR) is 37.9 cm³/mol. The van der Waals surface area contributed by atoms with Gasteiger partial charge in [0.05, 0.1) is 0 Å². The first-order valence-corrected chi connectivity index (χ1v) is 3.56. The molecule has 52 valence electrons. The molecular formula is C5H9NO2S. The van der Waals surface area contributed by atoms with Gasteiger partial charge >= 0.3 is 6.09 Å². The van der Waals surface area contributed by atoms with Crippen LogP contribution in [0.15, 0.2) is 11.2 Å². The van der Waals surface area contributed by atoms with Gasteiger partial charge in [0.15, 0.2) is 0 Å². The lowest BCUT2D eigenvalue weighted by Crippen LogP contribution is -2.08. The highest BCUT2D eigenvalue weighted by Crippen LogP contribution is 2.08. The van der Waals surface area contributed by atoms with Gasteiger partial charge in [0.25, 0.3) is 0 Å². The number of carbonyl (C=O) groups is 1. The minimum Gasteiger partial charge on any atom is -0.418 e. The number of primary amides is 1. The first-order valence-electron chi connectivity index (χ1n) is 2.33. The molecule has 0 saturated carbocycles. The van der Waals surface area contributed by atoms with Crippen LogP contribution < -0.4 is 5.73 Å². The third-order valence-corrected chi connectivity index (χ3v) is 1.40. The van der Waals surface area contributed by atoms with E-state index in [1.165, 1.54) is 18.0 Å². The highest BCUT2D eigenvalue weighted by molar-refractivity contribution is 8.02. The van der Waals surface area contributed by atoms with Crippen LogP contribution in [0.1, 0.15) is 6.92 Å². The van der Waals surface area contributed by atoms with Crippen LogP contribution in [0.25, 0.3) is 0 Å². The molecule has 0 fully saturated rings. The average Bonchev–Trinajstić information content (AvgIpc) is 1.83. The van der Waals surface area contributed by atoms with Gasteiger partial charge in [-0.25, -0.2) is 4.79 Å². The van der Waals surface area contributed by atoms with Crippen molar-refractivity contribution in [2.45, 2.75) is 6.92 Å². The summed E-state index contributed by atoms with van der Waals surface area (Å²) in [5.41, 5.74) is 4.68. The smallest absolute Gasteiger partial charge is 0.409 e. The molecule has 0 unspecified atom stereocenters. The molecule has 1 amide bonds. The summed E-state index contributed by atoms with van der Waals surface area (Å²) in [6.07, 6.45) is 2.44. The fraction of sp³-hybridized carbons (Fsp3) is 0.400. The van der Waals surface area contributed by atoms with E-state index in [-0.39, 0.29) is 0 Å². The number of hydrogen-bond donors (Lipinski definition) is 1. The van der Waals surface area contributed by atoms with E-state index in [4.69, 9.17) is 0 Å². The van der Waals surface area contributed by atoms with E-state index >= 15 is 0 Å². The number of amides is 1. The third kappa shape index (κ3) is 5.23. The van der Waals surface area contributed by atoms with Gasteiger partial charge in [0, 0.05) is 4.91 Å². The van der Waals surface area contributed by atoms with E-state index in [2.05, 4.69) is 10.5 Å². The second-order valence-corrected chi connectivity index (χ2v) is 2.42. The number of ether oxygens (including phenoxy) is 1. The minimum absolute atomic E-state index is 0.775. The minimum atomic E-state index is -0.775. The maximum absolute atomic E-state index is 9.97. The van der Waals surface area contributed by atoms with E-state index < -0.39 is 6.09 Å². The molecule has 0 aromatic carbocycles. The SMILES string of the molecule is CSC(C)=COC(N)=O. The van der Waals surface area contributed by atoms with Crippen LogP contribution in [0.3, 0.4) is 0 Å². The zero-order chi connectivity index (χ0) is 7.28. The maximum atomic E-state index is 9.97. The second kappa shape index (κ2) is 4.26. The van der Waals surface area contributed by atoms with Crippen molar-refractivity contribution in [1.82, 2.24) is 0 Å². The molecule has 0 bridgehead atoms. The van der Waals surface area contributed by atoms with Crippen LogP contribution in [0.5, 0.6) is 0 Å². The molecule has 0 aliphatic rings. The van der Waals surface area contributed by atoms with Gasteiger partial charge < -0.3 is 10.5 Å². The van der Waals surface area contributed by atoms with Crippen LogP contribution >= 0.6 is 11.8 Å². The summed E-state index contributed by atoms with van der Waals surface area (Å²) in [5, 5.41) is 0. The van der Waals surface area contributed by atoms with Gasteiger partial charge in [-0.15, -0.1) is 11.8 Å². The average molecular weight is 147 g/mol. The Morgan fingerprint density at radius 2 is 2.33 bits per heavy atom. The number of nitrogens with two attached hydrogens (primary N) is 1. The van der Waals surface area contributed by atoms with Crippen molar-refractivity contribution >= 4 is 17.9 Å². The molecule has 0 heterocycles. The van der Waals surface area contributed by atoms with Gasteiger partial charge in [-0.1, -0.05) is 0 Å². The molecule has 0 rings (SSSR count). The highest BCUT2D eigenvalue weighted by atomic mass is 32.2. The molecule has 9 heavy (non-hydrogen) atoms. The first kappa shape index (κ1) is 8.36. The van der Waals surface area contributed by atoms with Gasteiger partial charge in [-0.2, -0.15) is 0 Å². The normalized spacial score (nSPS) is 11.1.